The number of rotatable bonds is 5. The fourth-order valence-corrected chi connectivity index (χ4v) is 2.36. The van der Waals surface area contributed by atoms with Crippen LogP contribution in [0, 0.1) is 5.82 Å². The average Bonchev–Trinajstić information content (AvgIpc) is 2.53. The molecule has 0 saturated carbocycles. The topological polar surface area (TPSA) is 67.4 Å². The minimum absolute atomic E-state index is 0.0376. The smallest absolute Gasteiger partial charge is 0.256 e. The Bertz CT molecular complexity index is 764. The normalized spacial score (nSPS) is 10.2. The Kier molecular flexibility index (Phi) is 6.00. The Labute approximate surface area is 147 Å². The third kappa shape index (κ3) is 4.37. The number of anilines is 1. The van der Waals surface area contributed by atoms with Crippen molar-refractivity contribution >= 4 is 40.7 Å². The number of nitrogens with one attached hydrogen (secondary N) is 2. The van der Waals surface area contributed by atoms with Crippen LogP contribution in [0.15, 0.2) is 36.4 Å². The van der Waals surface area contributed by atoms with Gasteiger partial charge in [0.25, 0.3) is 5.91 Å². The lowest BCUT2D eigenvalue weighted by atomic mass is 10.2. The molecule has 0 aliphatic heterocycles. The number of hydrogen-bond acceptors (Lipinski definition) is 3. The van der Waals surface area contributed by atoms with Crippen LogP contribution in [0.4, 0.5) is 10.1 Å². The first kappa shape index (κ1) is 18.0. The van der Waals surface area contributed by atoms with E-state index in [0.29, 0.717) is 16.5 Å². The summed E-state index contributed by atoms with van der Waals surface area (Å²) in [4.78, 5) is 23.9. The van der Waals surface area contributed by atoms with Gasteiger partial charge < -0.3 is 15.4 Å². The zero-order chi connectivity index (χ0) is 17.7. The highest BCUT2D eigenvalue weighted by atomic mass is 35.5. The molecule has 24 heavy (non-hydrogen) atoms. The summed E-state index contributed by atoms with van der Waals surface area (Å²) in [5.74, 6) is -1.67. The number of hydrogen-bond donors (Lipinski definition) is 2. The second-order valence-electron chi connectivity index (χ2n) is 4.67. The maximum atomic E-state index is 13.6. The van der Waals surface area contributed by atoms with Gasteiger partial charge in [0, 0.05) is 5.02 Å². The van der Waals surface area contributed by atoms with E-state index in [2.05, 4.69) is 10.6 Å². The standard InChI is InChI=1S/C16H13Cl2FN2O3/c1-24-13-6-5-9(17)7-12(13)21-14(22)8-20-16(23)15-10(18)3-2-4-11(15)19/h2-7H,8H2,1H3,(H,20,23)(H,21,22). The van der Waals surface area contributed by atoms with Gasteiger partial charge in [-0.2, -0.15) is 0 Å². The van der Waals surface area contributed by atoms with E-state index in [1.54, 1.807) is 12.1 Å². The average molecular weight is 371 g/mol. The lowest BCUT2D eigenvalue weighted by molar-refractivity contribution is -0.115. The number of ether oxygens (including phenoxy) is 1. The predicted molar refractivity (Wildman–Crippen MR) is 90.4 cm³/mol. The van der Waals surface area contributed by atoms with Gasteiger partial charge >= 0.3 is 0 Å². The van der Waals surface area contributed by atoms with Gasteiger partial charge in [0.15, 0.2) is 0 Å². The summed E-state index contributed by atoms with van der Waals surface area (Å²) in [6, 6.07) is 8.59. The molecule has 0 atom stereocenters. The molecule has 2 aromatic carbocycles. The molecule has 5 nitrogen and oxygen atoms in total. The van der Waals surface area contributed by atoms with Gasteiger partial charge in [0.2, 0.25) is 5.91 Å². The third-order valence-corrected chi connectivity index (χ3v) is 3.59. The van der Waals surface area contributed by atoms with Crippen molar-refractivity contribution in [2.45, 2.75) is 0 Å². The maximum Gasteiger partial charge on any atom is 0.256 e. The highest BCUT2D eigenvalue weighted by molar-refractivity contribution is 6.34. The lowest BCUT2D eigenvalue weighted by Gasteiger charge is -2.11. The number of carbonyl (C=O) groups excluding carboxylic acids is 2. The van der Waals surface area contributed by atoms with Crippen LogP contribution in [0.1, 0.15) is 10.4 Å². The van der Waals surface area contributed by atoms with Gasteiger partial charge in [-0.3, -0.25) is 9.59 Å². The predicted octanol–water partition coefficient (Wildman–Crippen LogP) is 3.51. The molecule has 2 rings (SSSR count). The summed E-state index contributed by atoms with van der Waals surface area (Å²) in [7, 11) is 1.45. The minimum atomic E-state index is -0.786. The molecule has 0 aliphatic carbocycles. The Balaban J connectivity index is 2.01. The zero-order valence-corrected chi connectivity index (χ0v) is 14.0. The van der Waals surface area contributed by atoms with E-state index in [4.69, 9.17) is 27.9 Å². The van der Waals surface area contributed by atoms with Gasteiger partial charge in [-0.1, -0.05) is 29.3 Å². The fourth-order valence-electron chi connectivity index (χ4n) is 1.94. The van der Waals surface area contributed by atoms with Crippen molar-refractivity contribution in [2.24, 2.45) is 0 Å². The van der Waals surface area contributed by atoms with Crippen molar-refractivity contribution in [1.29, 1.82) is 0 Å². The van der Waals surface area contributed by atoms with Crippen molar-refractivity contribution in [2.75, 3.05) is 19.0 Å². The number of amides is 2. The van der Waals surface area contributed by atoms with Crippen LogP contribution in [0.3, 0.4) is 0 Å². The molecule has 2 aromatic rings. The summed E-state index contributed by atoms with van der Waals surface area (Å²) in [6.07, 6.45) is 0. The van der Waals surface area contributed by atoms with Gasteiger partial charge in [-0.05, 0) is 30.3 Å². The van der Waals surface area contributed by atoms with E-state index >= 15 is 0 Å². The molecule has 0 spiro atoms. The molecule has 126 valence electrons. The molecular formula is C16H13Cl2FN2O3. The molecule has 2 N–H and O–H groups in total. The molecule has 0 fully saturated rings. The number of methoxy groups -OCH3 is 1. The van der Waals surface area contributed by atoms with Crippen LogP contribution < -0.4 is 15.4 Å². The van der Waals surface area contributed by atoms with E-state index in [-0.39, 0.29) is 17.1 Å². The third-order valence-electron chi connectivity index (χ3n) is 3.03. The Hall–Kier alpha value is -2.31. The van der Waals surface area contributed by atoms with Crippen molar-refractivity contribution in [3.05, 3.63) is 57.8 Å². The van der Waals surface area contributed by atoms with Gasteiger partial charge in [-0.15, -0.1) is 0 Å². The van der Waals surface area contributed by atoms with Crippen LogP contribution in [0.2, 0.25) is 10.0 Å². The molecule has 0 aliphatic rings. The van der Waals surface area contributed by atoms with Crippen LogP contribution in [0.25, 0.3) is 0 Å². The second kappa shape index (κ2) is 7.99. The quantitative estimate of drug-likeness (QED) is 0.845. The Morgan fingerprint density at radius 3 is 2.62 bits per heavy atom. The van der Waals surface area contributed by atoms with E-state index in [1.807, 2.05) is 0 Å². The highest BCUT2D eigenvalue weighted by Gasteiger charge is 2.17. The molecule has 8 heteroatoms. The van der Waals surface area contributed by atoms with Crippen molar-refractivity contribution < 1.29 is 18.7 Å². The number of halogens is 3. The first-order chi connectivity index (χ1) is 11.4. The molecular weight excluding hydrogens is 358 g/mol. The summed E-state index contributed by atoms with van der Waals surface area (Å²) in [5, 5.41) is 5.22. The summed E-state index contributed by atoms with van der Waals surface area (Å²) >= 11 is 11.7. The van der Waals surface area contributed by atoms with E-state index < -0.39 is 17.6 Å². The van der Waals surface area contributed by atoms with Gasteiger partial charge in [0.1, 0.15) is 11.6 Å². The van der Waals surface area contributed by atoms with Gasteiger partial charge in [-0.25, -0.2) is 4.39 Å². The fraction of sp³-hybridized carbons (Fsp3) is 0.125. The van der Waals surface area contributed by atoms with Crippen molar-refractivity contribution in [1.82, 2.24) is 5.32 Å². The molecule has 2 amide bonds. The zero-order valence-electron chi connectivity index (χ0n) is 12.5. The Morgan fingerprint density at radius 1 is 1.21 bits per heavy atom. The van der Waals surface area contributed by atoms with E-state index in [0.717, 1.165) is 6.07 Å². The summed E-state index contributed by atoms with van der Waals surface area (Å²) in [6.45, 7) is -0.376. The number of carbonyl (C=O) groups is 2. The maximum absolute atomic E-state index is 13.6. The summed E-state index contributed by atoms with van der Waals surface area (Å²) in [5.41, 5.74) is 0.0421. The van der Waals surface area contributed by atoms with Crippen LogP contribution in [-0.4, -0.2) is 25.5 Å². The summed E-state index contributed by atoms with van der Waals surface area (Å²) < 4.78 is 18.7. The monoisotopic (exact) mass is 370 g/mol. The highest BCUT2D eigenvalue weighted by Crippen LogP contribution is 2.27. The van der Waals surface area contributed by atoms with Crippen molar-refractivity contribution in [3.8, 4) is 5.75 Å². The lowest BCUT2D eigenvalue weighted by Crippen LogP contribution is -2.33. The molecule has 0 radical (unpaired) electrons. The largest absolute Gasteiger partial charge is 0.495 e. The van der Waals surface area contributed by atoms with Crippen LogP contribution in [-0.2, 0) is 4.79 Å². The first-order valence-electron chi connectivity index (χ1n) is 6.78. The van der Waals surface area contributed by atoms with Crippen LogP contribution in [0.5, 0.6) is 5.75 Å². The van der Waals surface area contributed by atoms with E-state index in [1.165, 1.54) is 25.3 Å². The van der Waals surface area contributed by atoms with Crippen LogP contribution >= 0.6 is 23.2 Å². The molecule has 0 unspecified atom stereocenters. The van der Waals surface area contributed by atoms with Crippen molar-refractivity contribution in [3.63, 3.8) is 0 Å². The first-order valence-corrected chi connectivity index (χ1v) is 7.53. The van der Waals surface area contributed by atoms with Gasteiger partial charge in [0.05, 0.1) is 29.9 Å². The second-order valence-corrected chi connectivity index (χ2v) is 5.52. The molecule has 0 aromatic heterocycles. The SMILES string of the molecule is COc1ccc(Cl)cc1NC(=O)CNC(=O)c1c(F)cccc1Cl. The molecule has 0 bridgehead atoms. The Morgan fingerprint density at radius 2 is 1.96 bits per heavy atom. The van der Waals surface area contributed by atoms with E-state index in [9.17, 15) is 14.0 Å². The number of benzene rings is 2. The molecule has 0 saturated heterocycles. The molecule has 0 heterocycles. The minimum Gasteiger partial charge on any atom is -0.495 e.